The molecule has 1 aromatic rings. The second-order valence-electron chi connectivity index (χ2n) is 6.52. The zero-order valence-corrected chi connectivity index (χ0v) is 13.1. The number of halogens is 1. The summed E-state index contributed by atoms with van der Waals surface area (Å²) >= 11 is 0. The molecule has 1 aliphatic carbocycles. The number of hydrogen-bond donors (Lipinski definition) is 1. The molecule has 1 saturated carbocycles. The fourth-order valence-corrected chi connectivity index (χ4v) is 3.24. The van der Waals surface area contributed by atoms with Crippen LogP contribution in [0.25, 0.3) is 0 Å². The molecule has 120 valence electrons. The molecule has 2 aliphatic rings. The predicted molar refractivity (Wildman–Crippen MR) is 84.8 cm³/mol. The van der Waals surface area contributed by atoms with Gasteiger partial charge < -0.3 is 10.2 Å². The average molecular weight is 305 g/mol. The van der Waals surface area contributed by atoms with E-state index >= 15 is 0 Å². The van der Waals surface area contributed by atoms with Crippen LogP contribution in [0.3, 0.4) is 0 Å². The molecule has 2 fully saturated rings. The van der Waals surface area contributed by atoms with Crippen molar-refractivity contribution >= 4 is 11.7 Å². The summed E-state index contributed by atoms with van der Waals surface area (Å²) in [4.78, 5) is 18.8. The number of anilines is 1. The Morgan fingerprint density at radius 3 is 2.59 bits per heavy atom. The van der Waals surface area contributed by atoms with Crippen LogP contribution in [0.5, 0.6) is 0 Å². The first-order chi connectivity index (χ1) is 10.6. The SMILES string of the molecule is CC(NC(=O)c1ccc(N2CCC2)nc1)C1CCC(F)CC1. The highest BCUT2D eigenvalue weighted by Gasteiger charge is 2.26. The topological polar surface area (TPSA) is 45.2 Å². The van der Waals surface area contributed by atoms with Crippen molar-refractivity contribution in [3.8, 4) is 0 Å². The summed E-state index contributed by atoms with van der Waals surface area (Å²) in [7, 11) is 0. The number of rotatable bonds is 4. The summed E-state index contributed by atoms with van der Waals surface area (Å²) < 4.78 is 13.2. The molecule has 0 spiro atoms. The minimum atomic E-state index is -0.655. The smallest absolute Gasteiger partial charge is 0.253 e. The molecule has 0 bridgehead atoms. The van der Waals surface area contributed by atoms with E-state index in [1.807, 2.05) is 19.1 Å². The molecule has 1 atom stereocenters. The number of amides is 1. The van der Waals surface area contributed by atoms with Crippen LogP contribution in [-0.2, 0) is 0 Å². The van der Waals surface area contributed by atoms with Gasteiger partial charge in [0.05, 0.1) is 5.56 Å². The molecule has 2 heterocycles. The number of alkyl halides is 1. The number of nitrogens with zero attached hydrogens (tertiary/aromatic N) is 2. The van der Waals surface area contributed by atoms with Crippen LogP contribution >= 0.6 is 0 Å². The predicted octanol–water partition coefficient (Wildman–Crippen LogP) is 2.94. The molecular formula is C17H24FN3O. The van der Waals surface area contributed by atoms with Crippen molar-refractivity contribution in [2.45, 2.75) is 51.2 Å². The molecule has 1 N–H and O–H groups in total. The van der Waals surface area contributed by atoms with E-state index in [9.17, 15) is 9.18 Å². The van der Waals surface area contributed by atoms with Gasteiger partial charge >= 0.3 is 0 Å². The van der Waals surface area contributed by atoms with E-state index in [1.54, 1.807) is 6.20 Å². The van der Waals surface area contributed by atoms with Gasteiger partial charge in [-0.3, -0.25) is 4.79 Å². The van der Waals surface area contributed by atoms with Gasteiger partial charge in [0.1, 0.15) is 12.0 Å². The Morgan fingerprint density at radius 1 is 1.32 bits per heavy atom. The minimum absolute atomic E-state index is 0.0788. The molecule has 1 unspecified atom stereocenters. The number of aromatic nitrogens is 1. The molecular weight excluding hydrogens is 281 g/mol. The Bertz CT molecular complexity index is 507. The van der Waals surface area contributed by atoms with Gasteiger partial charge in [-0.2, -0.15) is 0 Å². The lowest BCUT2D eigenvalue weighted by Gasteiger charge is -2.32. The normalized spacial score (nSPS) is 26.2. The van der Waals surface area contributed by atoms with Gasteiger partial charge in [-0.05, 0) is 57.1 Å². The Hall–Kier alpha value is -1.65. The zero-order valence-electron chi connectivity index (χ0n) is 13.1. The molecule has 1 amide bonds. The van der Waals surface area contributed by atoms with Gasteiger partial charge in [0.2, 0.25) is 0 Å². The lowest BCUT2D eigenvalue weighted by molar-refractivity contribution is 0.0910. The van der Waals surface area contributed by atoms with Crippen molar-refractivity contribution < 1.29 is 9.18 Å². The molecule has 1 aliphatic heterocycles. The average Bonchev–Trinajstić information content (AvgIpc) is 2.46. The number of pyridine rings is 1. The maximum atomic E-state index is 13.2. The molecule has 4 nitrogen and oxygen atoms in total. The second-order valence-corrected chi connectivity index (χ2v) is 6.52. The van der Waals surface area contributed by atoms with E-state index in [2.05, 4.69) is 15.2 Å². The van der Waals surface area contributed by atoms with Gasteiger partial charge in [-0.25, -0.2) is 9.37 Å². The van der Waals surface area contributed by atoms with E-state index < -0.39 is 6.17 Å². The molecule has 22 heavy (non-hydrogen) atoms. The van der Waals surface area contributed by atoms with E-state index in [-0.39, 0.29) is 11.9 Å². The first-order valence-electron chi connectivity index (χ1n) is 8.29. The van der Waals surface area contributed by atoms with Gasteiger partial charge in [-0.1, -0.05) is 0 Å². The largest absolute Gasteiger partial charge is 0.356 e. The Balaban J connectivity index is 1.54. The van der Waals surface area contributed by atoms with Crippen LogP contribution in [0.2, 0.25) is 0 Å². The fraction of sp³-hybridized carbons (Fsp3) is 0.647. The van der Waals surface area contributed by atoms with Gasteiger partial charge in [0.15, 0.2) is 0 Å². The van der Waals surface area contributed by atoms with E-state index in [0.29, 0.717) is 24.3 Å². The first kappa shape index (κ1) is 15.3. The third-order valence-electron chi connectivity index (χ3n) is 4.96. The highest BCUT2D eigenvalue weighted by Crippen LogP contribution is 2.28. The van der Waals surface area contributed by atoms with E-state index in [1.165, 1.54) is 6.42 Å². The highest BCUT2D eigenvalue weighted by molar-refractivity contribution is 5.94. The molecule has 1 saturated heterocycles. The van der Waals surface area contributed by atoms with Crippen LogP contribution in [0.1, 0.15) is 49.4 Å². The Morgan fingerprint density at radius 2 is 2.05 bits per heavy atom. The first-order valence-corrected chi connectivity index (χ1v) is 8.29. The van der Waals surface area contributed by atoms with Gasteiger partial charge in [0, 0.05) is 25.3 Å². The van der Waals surface area contributed by atoms with Crippen LogP contribution in [-0.4, -0.2) is 36.2 Å². The van der Waals surface area contributed by atoms with Crippen molar-refractivity contribution in [1.29, 1.82) is 0 Å². The van der Waals surface area contributed by atoms with Crippen LogP contribution in [0.15, 0.2) is 18.3 Å². The molecule has 1 aromatic heterocycles. The van der Waals surface area contributed by atoms with Gasteiger partial charge in [0.25, 0.3) is 5.91 Å². The summed E-state index contributed by atoms with van der Waals surface area (Å²) in [5, 5.41) is 3.04. The number of carbonyl (C=O) groups excluding carboxylic acids is 1. The van der Waals surface area contributed by atoms with Crippen LogP contribution in [0.4, 0.5) is 10.2 Å². The highest BCUT2D eigenvalue weighted by atomic mass is 19.1. The van der Waals surface area contributed by atoms with Crippen molar-refractivity contribution in [3.05, 3.63) is 23.9 Å². The Kier molecular flexibility index (Phi) is 4.60. The lowest BCUT2D eigenvalue weighted by atomic mass is 9.83. The van der Waals surface area contributed by atoms with Crippen molar-refractivity contribution in [1.82, 2.24) is 10.3 Å². The second kappa shape index (κ2) is 6.63. The van der Waals surface area contributed by atoms with E-state index in [0.717, 1.165) is 31.7 Å². The monoisotopic (exact) mass is 305 g/mol. The molecule has 3 rings (SSSR count). The summed E-state index contributed by atoms with van der Waals surface area (Å²) in [6, 6.07) is 3.82. The van der Waals surface area contributed by atoms with E-state index in [4.69, 9.17) is 0 Å². The Labute approximate surface area is 131 Å². The quantitative estimate of drug-likeness (QED) is 0.930. The minimum Gasteiger partial charge on any atom is -0.356 e. The number of nitrogens with one attached hydrogen (secondary N) is 1. The van der Waals surface area contributed by atoms with Crippen molar-refractivity contribution in [2.75, 3.05) is 18.0 Å². The maximum absolute atomic E-state index is 13.2. The van der Waals surface area contributed by atoms with Crippen molar-refractivity contribution in [3.63, 3.8) is 0 Å². The maximum Gasteiger partial charge on any atom is 0.253 e. The molecule has 0 radical (unpaired) electrons. The third-order valence-corrected chi connectivity index (χ3v) is 4.96. The summed E-state index contributed by atoms with van der Waals surface area (Å²) in [5.41, 5.74) is 0.593. The zero-order chi connectivity index (χ0) is 15.5. The third kappa shape index (κ3) is 3.39. The molecule has 0 aromatic carbocycles. The van der Waals surface area contributed by atoms with Gasteiger partial charge in [-0.15, -0.1) is 0 Å². The summed E-state index contributed by atoms with van der Waals surface area (Å²) in [6.07, 6.45) is 5.16. The van der Waals surface area contributed by atoms with Crippen LogP contribution in [0, 0.1) is 5.92 Å². The van der Waals surface area contributed by atoms with Crippen molar-refractivity contribution in [2.24, 2.45) is 5.92 Å². The number of hydrogen-bond acceptors (Lipinski definition) is 3. The fourth-order valence-electron chi connectivity index (χ4n) is 3.24. The summed E-state index contributed by atoms with van der Waals surface area (Å²) in [5.74, 6) is 1.24. The number of carbonyl (C=O) groups is 1. The standard InChI is InChI=1S/C17H24FN3O/c1-12(13-3-6-15(18)7-4-13)20-17(22)14-5-8-16(19-11-14)21-9-2-10-21/h5,8,11-13,15H,2-4,6-7,9-10H2,1H3,(H,20,22). The molecule has 5 heteroatoms. The lowest BCUT2D eigenvalue weighted by Crippen LogP contribution is -2.40. The van der Waals surface area contributed by atoms with Crippen LogP contribution < -0.4 is 10.2 Å². The summed E-state index contributed by atoms with van der Waals surface area (Å²) in [6.45, 7) is 4.11.